The number of carboxylic acids is 1. The molecule has 1 aliphatic heterocycles. The largest absolute Gasteiger partial charge is 0.474 e. The van der Waals surface area contributed by atoms with E-state index in [9.17, 15) is 18.8 Å². The number of hydrogen-bond acceptors (Lipinski definition) is 3. The first-order valence-corrected chi connectivity index (χ1v) is 6.54. The van der Waals surface area contributed by atoms with Crippen molar-refractivity contribution in [2.75, 3.05) is 18.4 Å². The molecule has 1 atom stereocenters. The number of carbonyl (C=O) groups excluding carboxylic acids is 2. The Labute approximate surface area is 124 Å². The maximum absolute atomic E-state index is 13.0. The van der Waals surface area contributed by atoms with Gasteiger partial charge in [0.2, 0.25) is 5.91 Å². The van der Waals surface area contributed by atoms with E-state index in [2.05, 4.69) is 5.32 Å². The molecule has 0 bridgehead atoms. The first-order valence-electron chi connectivity index (χ1n) is 6.16. The molecule has 0 aliphatic carbocycles. The minimum Gasteiger partial charge on any atom is -0.474 e. The van der Waals surface area contributed by atoms with Crippen LogP contribution < -0.4 is 5.32 Å². The lowest BCUT2D eigenvalue weighted by Gasteiger charge is -2.14. The summed E-state index contributed by atoms with van der Waals surface area (Å²) in [5, 5.41) is 11.1. The number of aliphatic carboxylic acids is 1. The predicted molar refractivity (Wildman–Crippen MR) is 72.4 cm³/mol. The Kier molecular flexibility index (Phi) is 4.42. The van der Waals surface area contributed by atoms with Gasteiger partial charge in [0, 0.05) is 18.8 Å². The average molecular weight is 315 g/mol. The summed E-state index contributed by atoms with van der Waals surface area (Å²) < 4.78 is 13.0. The lowest BCUT2D eigenvalue weighted by atomic mass is 10.1. The molecule has 0 unspecified atom stereocenters. The van der Waals surface area contributed by atoms with Crippen molar-refractivity contribution in [2.24, 2.45) is 5.92 Å². The van der Waals surface area contributed by atoms with E-state index in [4.69, 9.17) is 16.7 Å². The van der Waals surface area contributed by atoms with Crippen molar-refractivity contribution < 1.29 is 23.9 Å². The number of rotatable bonds is 2. The minimum atomic E-state index is -1.54. The Morgan fingerprint density at radius 3 is 2.71 bits per heavy atom. The first kappa shape index (κ1) is 15.2. The fraction of sp³-hybridized carbons (Fsp3) is 0.308. The number of anilines is 1. The third-order valence-corrected chi connectivity index (χ3v) is 3.51. The molecule has 1 aromatic carbocycles. The number of likely N-dealkylation sites (tertiary alicyclic amines) is 1. The smallest absolute Gasteiger partial charge is 0.394 e. The highest BCUT2D eigenvalue weighted by Crippen LogP contribution is 2.22. The molecule has 2 rings (SSSR count). The Bertz CT molecular complexity index is 608. The Morgan fingerprint density at radius 1 is 1.38 bits per heavy atom. The van der Waals surface area contributed by atoms with Crippen molar-refractivity contribution in [2.45, 2.75) is 6.42 Å². The van der Waals surface area contributed by atoms with Crippen LogP contribution in [-0.4, -0.2) is 40.9 Å². The number of nitrogens with one attached hydrogen (secondary N) is 1. The van der Waals surface area contributed by atoms with Gasteiger partial charge in [0.1, 0.15) is 5.82 Å². The quantitative estimate of drug-likeness (QED) is 0.807. The summed E-state index contributed by atoms with van der Waals surface area (Å²) >= 11 is 5.61. The molecule has 1 heterocycles. The highest BCUT2D eigenvalue weighted by Gasteiger charge is 2.33. The Balaban J connectivity index is 1.97. The predicted octanol–water partition coefficient (Wildman–Crippen LogP) is 1.35. The van der Waals surface area contributed by atoms with Crippen LogP contribution in [0.15, 0.2) is 18.2 Å². The van der Waals surface area contributed by atoms with Gasteiger partial charge < -0.3 is 15.3 Å². The third-order valence-electron chi connectivity index (χ3n) is 3.22. The van der Waals surface area contributed by atoms with Crippen LogP contribution in [0.2, 0.25) is 5.02 Å². The number of amides is 2. The topological polar surface area (TPSA) is 86.7 Å². The van der Waals surface area contributed by atoms with Crippen molar-refractivity contribution >= 4 is 35.1 Å². The van der Waals surface area contributed by atoms with Gasteiger partial charge in [-0.3, -0.25) is 9.59 Å². The molecule has 1 saturated heterocycles. The minimum absolute atomic E-state index is 0.0475. The van der Waals surface area contributed by atoms with Crippen LogP contribution in [0.4, 0.5) is 10.1 Å². The first-order chi connectivity index (χ1) is 9.88. The lowest BCUT2D eigenvalue weighted by molar-refractivity contribution is -0.155. The molecule has 1 aromatic rings. The van der Waals surface area contributed by atoms with Gasteiger partial charge in [-0.2, -0.15) is 0 Å². The molecular weight excluding hydrogens is 303 g/mol. The summed E-state index contributed by atoms with van der Waals surface area (Å²) in [7, 11) is 0. The van der Waals surface area contributed by atoms with Crippen molar-refractivity contribution in [3.8, 4) is 0 Å². The zero-order chi connectivity index (χ0) is 15.6. The van der Waals surface area contributed by atoms with E-state index in [0.29, 0.717) is 12.1 Å². The number of hydrogen-bond donors (Lipinski definition) is 2. The van der Waals surface area contributed by atoms with E-state index in [1.165, 1.54) is 12.1 Å². The summed E-state index contributed by atoms with van der Waals surface area (Å²) in [4.78, 5) is 35.0. The fourth-order valence-corrected chi connectivity index (χ4v) is 2.29. The van der Waals surface area contributed by atoms with E-state index in [1.807, 2.05) is 0 Å². The zero-order valence-electron chi connectivity index (χ0n) is 10.8. The van der Waals surface area contributed by atoms with Crippen LogP contribution in [0.1, 0.15) is 6.42 Å². The normalized spacial score (nSPS) is 17.6. The van der Waals surface area contributed by atoms with Gasteiger partial charge in [-0.25, -0.2) is 9.18 Å². The second-order valence-electron chi connectivity index (χ2n) is 4.66. The molecule has 8 heteroatoms. The number of benzene rings is 1. The summed E-state index contributed by atoms with van der Waals surface area (Å²) in [5.41, 5.74) is 0.342. The Hall–Kier alpha value is -2.15. The van der Waals surface area contributed by atoms with Gasteiger partial charge in [0.25, 0.3) is 0 Å². The van der Waals surface area contributed by atoms with Crippen molar-refractivity contribution in [1.29, 1.82) is 0 Å². The molecule has 0 aromatic heterocycles. The third kappa shape index (κ3) is 3.49. The van der Waals surface area contributed by atoms with Gasteiger partial charge >= 0.3 is 11.9 Å². The highest BCUT2D eigenvalue weighted by molar-refractivity contribution is 6.31. The molecule has 1 aliphatic rings. The fourth-order valence-electron chi connectivity index (χ4n) is 2.11. The molecule has 2 N–H and O–H groups in total. The number of carbonyl (C=O) groups is 3. The van der Waals surface area contributed by atoms with Gasteiger partial charge in [-0.15, -0.1) is 0 Å². The number of carboxylic acid groups (broad SMARTS) is 1. The maximum Gasteiger partial charge on any atom is 0.394 e. The van der Waals surface area contributed by atoms with Crippen LogP contribution in [0, 0.1) is 11.7 Å². The van der Waals surface area contributed by atoms with Gasteiger partial charge in [-0.05, 0) is 24.6 Å². The molecule has 0 radical (unpaired) electrons. The summed E-state index contributed by atoms with van der Waals surface area (Å²) in [6, 6.07) is 3.78. The number of halogens is 2. The standard InChI is InChI=1S/C13H12ClFN2O4/c14-9-5-8(1-2-10(9)15)16-11(18)7-3-4-17(6-7)12(19)13(20)21/h1-2,5,7H,3-4,6H2,(H,16,18)(H,20,21)/t7-/m0/s1. The van der Waals surface area contributed by atoms with Gasteiger partial charge in [0.05, 0.1) is 10.9 Å². The van der Waals surface area contributed by atoms with E-state index in [-0.39, 0.29) is 24.0 Å². The van der Waals surface area contributed by atoms with Gasteiger partial charge in [0.15, 0.2) is 0 Å². The van der Waals surface area contributed by atoms with Crippen molar-refractivity contribution in [1.82, 2.24) is 4.90 Å². The van der Waals surface area contributed by atoms with E-state index in [1.54, 1.807) is 0 Å². The molecule has 6 nitrogen and oxygen atoms in total. The molecule has 2 amide bonds. The lowest BCUT2D eigenvalue weighted by Crippen LogP contribution is -2.35. The van der Waals surface area contributed by atoms with Crippen LogP contribution in [0.25, 0.3) is 0 Å². The van der Waals surface area contributed by atoms with E-state index < -0.39 is 23.6 Å². The maximum atomic E-state index is 13.0. The molecule has 0 saturated carbocycles. The van der Waals surface area contributed by atoms with E-state index in [0.717, 1.165) is 11.0 Å². The second-order valence-corrected chi connectivity index (χ2v) is 5.07. The monoisotopic (exact) mass is 314 g/mol. The van der Waals surface area contributed by atoms with Crippen LogP contribution in [0.3, 0.4) is 0 Å². The molecule has 0 spiro atoms. The van der Waals surface area contributed by atoms with Crippen LogP contribution in [0.5, 0.6) is 0 Å². The molecule has 112 valence electrons. The number of nitrogens with zero attached hydrogens (tertiary/aromatic N) is 1. The Morgan fingerprint density at radius 2 is 2.10 bits per heavy atom. The summed E-state index contributed by atoms with van der Waals surface area (Å²) in [5.74, 6) is -4.01. The molecule has 1 fully saturated rings. The van der Waals surface area contributed by atoms with Gasteiger partial charge in [-0.1, -0.05) is 11.6 Å². The van der Waals surface area contributed by atoms with Crippen LogP contribution in [-0.2, 0) is 14.4 Å². The van der Waals surface area contributed by atoms with Crippen molar-refractivity contribution in [3.05, 3.63) is 29.0 Å². The average Bonchev–Trinajstić information content (AvgIpc) is 2.91. The highest BCUT2D eigenvalue weighted by atomic mass is 35.5. The SMILES string of the molecule is O=C(O)C(=O)N1CC[C@H](C(=O)Nc2ccc(F)c(Cl)c2)C1. The molecular formula is C13H12ClFN2O4. The van der Waals surface area contributed by atoms with Crippen molar-refractivity contribution in [3.63, 3.8) is 0 Å². The summed E-state index contributed by atoms with van der Waals surface area (Å²) in [6.45, 7) is 0.263. The summed E-state index contributed by atoms with van der Waals surface area (Å²) in [6.07, 6.45) is 0.375. The second kappa shape index (κ2) is 6.09. The van der Waals surface area contributed by atoms with E-state index >= 15 is 0 Å². The zero-order valence-corrected chi connectivity index (χ0v) is 11.6. The molecule has 21 heavy (non-hydrogen) atoms. The van der Waals surface area contributed by atoms with Crippen LogP contribution >= 0.6 is 11.6 Å².